The van der Waals surface area contributed by atoms with E-state index in [4.69, 9.17) is 0 Å². The molecule has 0 heterocycles. The first-order chi connectivity index (χ1) is 18.5. The third-order valence-electron chi connectivity index (χ3n) is 8.13. The number of aliphatic hydroxyl groups is 1. The molecule has 0 bridgehead atoms. The normalized spacial score (nSPS) is 13.0. The number of Topliss-reactive ketones (excluding diaryl/α,β-unsaturated/α-hetero) is 1. The van der Waals surface area contributed by atoms with Crippen molar-refractivity contribution in [2.45, 2.75) is 200 Å². The molecule has 0 saturated carbocycles. The van der Waals surface area contributed by atoms with Gasteiger partial charge in [0.05, 0.1) is 12.5 Å². The molecule has 4 heteroatoms. The van der Waals surface area contributed by atoms with Crippen molar-refractivity contribution >= 4 is 11.8 Å². The second-order valence-electron chi connectivity index (χ2n) is 12.0. The number of unbranched alkanes of at least 4 members (excludes halogenated alkanes) is 20. The van der Waals surface area contributed by atoms with Crippen molar-refractivity contribution in [2.24, 2.45) is 5.92 Å². The number of ketones is 1. The van der Waals surface area contributed by atoms with E-state index in [0.717, 1.165) is 44.9 Å². The number of aliphatic hydroxyl groups excluding tert-OH is 1. The first-order valence-corrected chi connectivity index (χ1v) is 16.9. The van der Waals surface area contributed by atoms with E-state index in [1.807, 2.05) is 0 Å². The first-order valence-electron chi connectivity index (χ1n) is 16.9. The van der Waals surface area contributed by atoms with Crippen LogP contribution in [0.4, 0.5) is 0 Å². The van der Waals surface area contributed by atoms with Gasteiger partial charge in [0, 0.05) is 12.3 Å². The molecule has 0 aliphatic heterocycles. The topological polar surface area (TPSA) is 74.6 Å². The molecule has 4 nitrogen and oxygen atoms in total. The van der Waals surface area contributed by atoms with Gasteiger partial charge in [0.1, 0.15) is 5.78 Å². The van der Waals surface area contributed by atoms with E-state index in [-0.39, 0.29) is 24.2 Å². The molecule has 38 heavy (non-hydrogen) atoms. The summed E-state index contributed by atoms with van der Waals surface area (Å²) in [6.45, 7) is 4.50. The van der Waals surface area contributed by atoms with Crippen molar-refractivity contribution in [3.05, 3.63) is 0 Å². The molecule has 2 N–H and O–H groups in total. The molecular weight excluding hydrogens is 472 g/mol. The van der Waals surface area contributed by atoms with Crippen molar-refractivity contribution in [1.82, 2.24) is 0 Å². The number of carboxylic acids is 1. The summed E-state index contributed by atoms with van der Waals surface area (Å²) < 4.78 is 0. The summed E-state index contributed by atoms with van der Waals surface area (Å²) >= 11 is 0. The van der Waals surface area contributed by atoms with Gasteiger partial charge in [0.25, 0.3) is 0 Å². The van der Waals surface area contributed by atoms with Gasteiger partial charge in [0.15, 0.2) is 0 Å². The first kappa shape index (κ1) is 37.1. The number of carboxylic acid groups (broad SMARTS) is 1. The standard InChI is InChI=1S/C34H66O4/c1-3-5-7-9-11-13-14-15-16-17-19-21-23-29-33(36)31(30-34(37)38)26-24-25-28-32(35)27-22-20-18-12-10-8-6-4-2/h31-32,35H,3-30H2,1-2H3,(H,37,38). The maximum Gasteiger partial charge on any atom is 0.304 e. The van der Waals surface area contributed by atoms with Crippen molar-refractivity contribution in [2.75, 3.05) is 0 Å². The van der Waals surface area contributed by atoms with Crippen molar-refractivity contribution < 1.29 is 19.8 Å². The molecule has 0 aliphatic rings. The highest BCUT2D eigenvalue weighted by molar-refractivity contribution is 5.84. The Morgan fingerprint density at radius 3 is 1.26 bits per heavy atom. The fourth-order valence-corrected chi connectivity index (χ4v) is 5.54. The van der Waals surface area contributed by atoms with Gasteiger partial charge in [-0.25, -0.2) is 0 Å². The highest BCUT2D eigenvalue weighted by Gasteiger charge is 2.21. The van der Waals surface area contributed by atoms with Gasteiger partial charge in [-0.05, 0) is 25.7 Å². The molecule has 0 rings (SSSR count). The molecule has 2 unspecified atom stereocenters. The zero-order chi connectivity index (χ0) is 28.1. The second kappa shape index (κ2) is 29.1. The van der Waals surface area contributed by atoms with E-state index in [1.165, 1.54) is 116 Å². The van der Waals surface area contributed by atoms with Crippen LogP contribution in [0.1, 0.15) is 194 Å². The molecule has 0 spiro atoms. The third kappa shape index (κ3) is 26.7. The summed E-state index contributed by atoms with van der Waals surface area (Å²) in [5.41, 5.74) is 0. The molecular formula is C34H66O4. The van der Waals surface area contributed by atoms with Crippen molar-refractivity contribution in [1.29, 1.82) is 0 Å². The molecule has 2 atom stereocenters. The Morgan fingerprint density at radius 2 is 0.842 bits per heavy atom. The van der Waals surface area contributed by atoms with Crippen LogP contribution in [0.5, 0.6) is 0 Å². The number of hydrogen-bond donors (Lipinski definition) is 2. The van der Waals surface area contributed by atoms with Gasteiger partial charge in [-0.1, -0.05) is 155 Å². The minimum absolute atomic E-state index is 0.0436. The van der Waals surface area contributed by atoms with Crippen LogP contribution in [0.2, 0.25) is 0 Å². The number of rotatable bonds is 31. The van der Waals surface area contributed by atoms with Crippen LogP contribution in [0.25, 0.3) is 0 Å². The lowest BCUT2D eigenvalue weighted by molar-refractivity contribution is -0.140. The molecule has 0 aromatic heterocycles. The third-order valence-corrected chi connectivity index (χ3v) is 8.13. The molecule has 0 fully saturated rings. The van der Waals surface area contributed by atoms with Gasteiger partial charge >= 0.3 is 5.97 Å². The summed E-state index contributed by atoms with van der Waals surface area (Å²) in [7, 11) is 0. The Labute approximate surface area is 237 Å². The molecule has 226 valence electrons. The van der Waals surface area contributed by atoms with E-state index in [1.54, 1.807) is 0 Å². The van der Waals surface area contributed by atoms with Gasteiger partial charge in [-0.15, -0.1) is 0 Å². The maximum atomic E-state index is 12.7. The Balaban J connectivity index is 3.79. The van der Waals surface area contributed by atoms with E-state index in [9.17, 15) is 19.8 Å². The minimum Gasteiger partial charge on any atom is -0.481 e. The Morgan fingerprint density at radius 1 is 0.500 bits per heavy atom. The van der Waals surface area contributed by atoms with Crippen molar-refractivity contribution in [3.63, 3.8) is 0 Å². The van der Waals surface area contributed by atoms with E-state index < -0.39 is 5.97 Å². The van der Waals surface area contributed by atoms with Crippen LogP contribution in [0.15, 0.2) is 0 Å². The second-order valence-corrected chi connectivity index (χ2v) is 12.0. The number of hydrogen-bond acceptors (Lipinski definition) is 3. The van der Waals surface area contributed by atoms with Crippen LogP contribution in [-0.2, 0) is 9.59 Å². The zero-order valence-electron chi connectivity index (χ0n) is 25.7. The highest BCUT2D eigenvalue weighted by Crippen LogP contribution is 2.21. The molecule has 0 saturated heterocycles. The molecule has 0 aromatic rings. The Bertz CT molecular complexity index is 519. The van der Waals surface area contributed by atoms with Crippen LogP contribution in [0.3, 0.4) is 0 Å². The molecule has 0 aliphatic carbocycles. The Hall–Kier alpha value is -0.900. The average molecular weight is 539 g/mol. The van der Waals surface area contributed by atoms with Gasteiger partial charge < -0.3 is 10.2 Å². The summed E-state index contributed by atoms with van der Waals surface area (Å²) in [6.07, 6.45) is 31.1. The van der Waals surface area contributed by atoms with E-state index in [2.05, 4.69) is 13.8 Å². The van der Waals surface area contributed by atoms with Crippen LogP contribution in [-0.4, -0.2) is 28.1 Å². The molecule has 0 amide bonds. The van der Waals surface area contributed by atoms with Crippen LogP contribution < -0.4 is 0 Å². The number of carbonyl (C=O) groups is 2. The number of carbonyl (C=O) groups excluding carboxylic acids is 1. The lowest BCUT2D eigenvalue weighted by Gasteiger charge is -2.15. The van der Waals surface area contributed by atoms with Gasteiger partial charge in [0.2, 0.25) is 0 Å². The smallest absolute Gasteiger partial charge is 0.304 e. The average Bonchev–Trinajstić information content (AvgIpc) is 2.89. The molecule has 0 aromatic carbocycles. The highest BCUT2D eigenvalue weighted by atomic mass is 16.4. The fourth-order valence-electron chi connectivity index (χ4n) is 5.54. The quantitative estimate of drug-likeness (QED) is 0.0861. The van der Waals surface area contributed by atoms with E-state index in [0.29, 0.717) is 12.8 Å². The largest absolute Gasteiger partial charge is 0.481 e. The number of aliphatic carboxylic acids is 1. The van der Waals surface area contributed by atoms with E-state index >= 15 is 0 Å². The lowest BCUT2D eigenvalue weighted by Crippen LogP contribution is -2.18. The summed E-state index contributed by atoms with van der Waals surface area (Å²) in [5.74, 6) is -1.09. The predicted molar refractivity (Wildman–Crippen MR) is 163 cm³/mol. The minimum atomic E-state index is -0.872. The monoisotopic (exact) mass is 538 g/mol. The summed E-state index contributed by atoms with van der Waals surface area (Å²) in [6, 6.07) is 0. The molecule has 0 radical (unpaired) electrons. The fraction of sp³-hybridized carbons (Fsp3) is 0.941. The predicted octanol–water partition coefficient (Wildman–Crippen LogP) is 10.6. The van der Waals surface area contributed by atoms with Crippen LogP contribution in [0, 0.1) is 5.92 Å². The van der Waals surface area contributed by atoms with Gasteiger partial charge in [-0.2, -0.15) is 0 Å². The van der Waals surface area contributed by atoms with Crippen molar-refractivity contribution in [3.8, 4) is 0 Å². The zero-order valence-corrected chi connectivity index (χ0v) is 25.7. The Kier molecular flexibility index (Phi) is 28.4. The maximum absolute atomic E-state index is 12.7. The summed E-state index contributed by atoms with van der Waals surface area (Å²) in [4.78, 5) is 24.0. The summed E-state index contributed by atoms with van der Waals surface area (Å²) in [5, 5.41) is 19.5. The lowest BCUT2D eigenvalue weighted by atomic mass is 9.90. The van der Waals surface area contributed by atoms with Crippen LogP contribution >= 0.6 is 0 Å². The SMILES string of the molecule is CCCCCCCCCCCCCCCC(=O)C(CCCCC(O)CCCCCCCCCC)CC(=O)O. The van der Waals surface area contributed by atoms with Gasteiger partial charge in [-0.3, -0.25) is 9.59 Å².